The first kappa shape index (κ1) is 8.46. The molecular formula is C9H9NO2. The summed E-state index contributed by atoms with van der Waals surface area (Å²) in [6.07, 6.45) is 4.20. The van der Waals surface area contributed by atoms with Crippen molar-refractivity contribution in [2.45, 2.75) is 6.92 Å². The van der Waals surface area contributed by atoms with Gasteiger partial charge in [0, 0.05) is 12.3 Å². The Hall–Kier alpha value is -1.64. The quantitative estimate of drug-likeness (QED) is 0.672. The van der Waals surface area contributed by atoms with Gasteiger partial charge in [0.1, 0.15) is 0 Å². The molecule has 0 aliphatic rings. The molecule has 0 saturated carbocycles. The predicted octanol–water partition coefficient (Wildman–Crippen LogP) is 1.49. The summed E-state index contributed by atoms with van der Waals surface area (Å²) >= 11 is 0. The summed E-state index contributed by atoms with van der Waals surface area (Å²) in [5.74, 6) is -0.958. The van der Waals surface area contributed by atoms with E-state index >= 15 is 0 Å². The molecule has 0 aliphatic heterocycles. The fourth-order valence-electron chi connectivity index (χ4n) is 0.823. The highest BCUT2D eigenvalue weighted by Crippen LogP contribution is 2.04. The van der Waals surface area contributed by atoms with Crippen molar-refractivity contribution in [1.29, 1.82) is 0 Å². The third-order valence-corrected chi connectivity index (χ3v) is 1.43. The third kappa shape index (κ3) is 2.20. The number of aliphatic carboxylic acids is 1. The van der Waals surface area contributed by atoms with Crippen LogP contribution in [0.15, 0.2) is 24.4 Å². The molecule has 1 rings (SSSR count). The summed E-state index contributed by atoms with van der Waals surface area (Å²) in [5, 5.41) is 8.35. The second kappa shape index (κ2) is 3.67. The first-order chi connectivity index (χ1) is 5.70. The van der Waals surface area contributed by atoms with Gasteiger partial charge in [-0.2, -0.15) is 0 Å². The van der Waals surface area contributed by atoms with Crippen LogP contribution in [0.1, 0.15) is 11.3 Å². The van der Waals surface area contributed by atoms with Gasteiger partial charge in [0.2, 0.25) is 0 Å². The maximum atomic E-state index is 10.2. The molecule has 0 radical (unpaired) electrons. The van der Waals surface area contributed by atoms with Gasteiger partial charge < -0.3 is 5.11 Å². The molecule has 0 bridgehead atoms. The fraction of sp³-hybridized carbons (Fsp3) is 0.111. The van der Waals surface area contributed by atoms with E-state index in [1.165, 1.54) is 6.08 Å². The average Bonchev–Trinajstić information content (AvgIpc) is 2.03. The highest BCUT2D eigenvalue weighted by atomic mass is 16.4. The van der Waals surface area contributed by atoms with Crippen LogP contribution in [0.2, 0.25) is 0 Å². The molecule has 1 N–H and O–H groups in total. The number of hydrogen-bond acceptors (Lipinski definition) is 2. The van der Waals surface area contributed by atoms with Crippen molar-refractivity contribution in [2.24, 2.45) is 0 Å². The monoisotopic (exact) mass is 163 g/mol. The Morgan fingerprint density at radius 3 is 3.00 bits per heavy atom. The van der Waals surface area contributed by atoms with E-state index in [4.69, 9.17) is 5.11 Å². The minimum absolute atomic E-state index is 0.694. The Labute approximate surface area is 70.4 Å². The van der Waals surface area contributed by atoms with Crippen molar-refractivity contribution in [2.75, 3.05) is 0 Å². The van der Waals surface area contributed by atoms with Gasteiger partial charge in [0.05, 0.1) is 5.69 Å². The fourth-order valence-corrected chi connectivity index (χ4v) is 0.823. The Kier molecular flexibility index (Phi) is 2.58. The van der Waals surface area contributed by atoms with Crippen LogP contribution in [0.5, 0.6) is 0 Å². The summed E-state index contributed by atoms with van der Waals surface area (Å²) in [5.41, 5.74) is 1.66. The first-order valence-electron chi connectivity index (χ1n) is 3.53. The zero-order valence-corrected chi connectivity index (χ0v) is 6.69. The molecule has 0 aromatic carbocycles. The minimum Gasteiger partial charge on any atom is -0.478 e. The lowest BCUT2D eigenvalue weighted by Gasteiger charge is -1.95. The number of nitrogens with zero attached hydrogens (tertiary/aromatic N) is 1. The van der Waals surface area contributed by atoms with Gasteiger partial charge in [-0.25, -0.2) is 4.79 Å². The summed E-state index contributed by atoms with van der Waals surface area (Å²) in [6, 6.07) is 3.70. The van der Waals surface area contributed by atoms with Crippen LogP contribution in [0.3, 0.4) is 0 Å². The maximum Gasteiger partial charge on any atom is 0.328 e. The van der Waals surface area contributed by atoms with Crippen LogP contribution in [-0.4, -0.2) is 16.1 Å². The molecular weight excluding hydrogens is 154 g/mol. The van der Waals surface area contributed by atoms with E-state index in [9.17, 15) is 4.79 Å². The molecule has 1 heterocycles. The number of carbonyl (C=O) groups is 1. The first-order valence-corrected chi connectivity index (χ1v) is 3.53. The number of aryl methyl sites for hydroxylation is 1. The zero-order valence-electron chi connectivity index (χ0n) is 6.69. The number of carboxylic acids is 1. The van der Waals surface area contributed by atoms with E-state index in [0.29, 0.717) is 5.69 Å². The molecule has 0 amide bonds. The van der Waals surface area contributed by atoms with E-state index in [1.807, 2.05) is 19.1 Å². The van der Waals surface area contributed by atoms with Crippen molar-refractivity contribution >= 4 is 12.0 Å². The molecule has 0 saturated heterocycles. The van der Waals surface area contributed by atoms with Gasteiger partial charge >= 0.3 is 5.97 Å². The van der Waals surface area contributed by atoms with Crippen LogP contribution in [0, 0.1) is 6.92 Å². The number of rotatable bonds is 2. The van der Waals surface area contributed by atoms with Crippen molar-refractivity contribution in [3.05, 3.63) is 35.7 Å². The number of carboxylic acid groups (broad SMARTS) is 1. The van der Waals surface area contributed by atoms with Gasteiger partial charge in [-0.15, -0.1) is 0 Å². The molecule has 3 heteroatoms. The normalized spacial score (nSPS) is 10.4. The Bertz CT molecular complexity index is 318. The van der Waals surface area contributed by atoms with Crippen LogP contribution in [0.4, 0.5) is 0 Å². The third-order valence-electron chi connectivity index (χ3n) is 1.43. The zero-order chi connectivity index (χ0) is 8.97. The Balaban J connectivity index is 2.89. The predicted molar refractivity (Wildman–Crippen MR) is 45.6 cm³/mol. The minimum atomic E-state index is -0.958. The van der Waals surface area contributed by atoms with E-state index in [-0.39, 0.29) is 0 Å². The molecule has 62 valence electrons. The van der Waals surface area contributed by atoms with Gasteiger partial charge in [0.15, 0.2) is 0 Å². The lowest BCUT2D eigenvalue weighted by atomic mass is 10.2. The molecule has 12 heavy (non-hydrogen) atoms. The largest absolute Gasteiger partial charge is 0.478 e. The highest BCUT2D eigenvalue weighted by molar-refractivity contribution is 5.85. The topological polar surface area (TPSA) is 50.2 Å². The van der Waals surface area contributed by atoms with Gasteiger partial charge in [0.25, 0.3) is 0 Å². The van der Waals surface area contributed by atoms with Gasteiger partial charge in [-0.1, -0.05) is 6.07 Å². The summed E-state index contributed by atoms with van der Waals surface area (Å²) < 4.78 is 0. The summed E-state index contributed by atoms with van der Waals surface area (Å²) in [6.45, 7) is 1.88. The van der Waals surface area contributed by atoms with Crippen molar-refractivity contribution in [3.8, 4) is 0 Å². The summed E-state index contributed by atoms with van der Waals surface area (Å²) in [4.78, 5) is 14.2. The molecule has 1 aromatic rings. The second-order valence-electron chi connectivity index (χ2n) is 2.38. The lowest BCUT2D eigenvalue weighted by Crippen LogP contribution is -1.88. The van der Waals surface area contributed by atoms with Crippen LogP contribution < -0.4 is 0 Å². The van der Waals surface area contributed by atoms with E-state index in [1.54, 1.807) is 6.20 Å². The van der Waals surface area contributed by atoms with E-state index in [2.05, 4.69) is 4.98 Å². The molecule has 3 nitrogen and oxygen atoms in total. The van der Waals surface area contributed by atoms with Crippen molar-refractivity contribution in [3.63, 3.8) is 0 Å². The molecule has 0 spiro atoms. The van der Waals surface area contributed by atoms with Gasteiger partial charge in [-0.05, 0) is 24.6 Å². The molecule has 0 unspecified atom stereocenters. The second-order valence-corrected chi connectivity index (χ2v) is 2.38. The number of aromatic nitrogens is 1. The molecule has 0 fully saturated rings. The summed E-state index contributed by atoms with van der Waals surface area (Å²) in [7, 11) is 0. The Morgan fingerprint density at radius 1 is 1.67 bits per heavy atom. The van der Waals surface area contributed by atoms with Crippen LogP contribution in [0.25, 0.3) is 6.08 Å². The van der Waals surface area contributed by atoms with Crippen LogP contribution in [-0.2, 0) is 4.79 Å². The average molecular weight is 163 g/mol. The molecule has 0 aliphatic carbocycles. The maximum absolute atomic E-state index is 10.2. The van der Waals surface area contributed by atoms with Crippen molar-refractivity contribution in [1.82, 2.24) is 4.98 Å². The Morgan fingerprint density at radius 2 is 2.42 bits per heavy atom. The number of pyridine rings is 1. The highest BCUT2D eigenvalue weighted by Gasteiger charge is 1.93. The standard InChI is InChI=1S/C9H9NO2/c1-7-3-2-6-10-8(7)4-5-9(11)12/h2-6H,1H3,(H,11,12)/b5-4-. The molecule has 1 aromatic heterocycles. The smallest absolute Gasteiger partial charge is 0.328 e. The lowest BCUT2D eigenvalue weighted by molar-refractivity contribution is -0.131. The van der Waals surface area contributed by atoms with E-state index < -0.39 is 5.97 Å². The number of hydrogen-bond donors (Lipinski definition) is 1. The van der Waals surface area contributed by atoms with Gasteiger partial charge in [-0.3, -0.25) is 4.98 Å². The molecule has 0 atom stereocenters. The SMILES string of the molecule is Cc1cccnc1/C=C\C(=O)O. The van der Waals surface area contributed by atoms with Crippen molar-refractivity contribution < 1.29 is 9.90 Å². The van der Waals surface area contributed by atoms with E-state index in [0.717, 1.165) is 11.6 Å². The van der Waals surface area contributed by atoms with Crippen LogP contribution >= 0.6 is 0 Å².